The number of nitrogens with zero attached hydrogens (tertiary/aromatic N) is 2. The van der Waals surface area contributed by atoms with Crippen molar-refractivity contribution in [3.05, 3.63) is 23.8 Å². The van der Waals surface area contributed by atoms with Crippen LogP contribution >= 0.6 is 0 Å². The van der Waals surface area contributed by atoms with Gasteiger partial charge < -0.3 is 14.8 Å². The van der Waals surface area contributed by atoms with Crippen LogP contribution in [0.25, 0.3) is 0 Å². The molecule has 5 amide bonds. The molecule has 2 heterocycles. The molecule has 1 aromatic carbocycles. The van der Waals surface area contributed by atoms with E-state index in [2.05, 4.69) is 5.32 Å². The summed E-state index contributed by atoms with van der Waals surface area (Å²) in [5, 5.41) is 2.86. The van der Waals surface area contributed by atoms with Crippen molar-refractivity contribution in [2.75, 3.05) is 26.3 Å². The Balaban J connectivity index is 1.73. The number of carbonyl (C=O) groups is 4. The number of urea groups is 1. The molecule has 0 aromatic heterocycles. The van der Waals surface area contributed by atoms with Gasteiger partial charge in [-0.15, -0.1) is 0 Å². The fourth-order valence-electron chi connectivity index (χ4n) is 3.34. The number of amides is 5. The Morgan fingerprint density at radius 1 is 1.07 bits per heavy atom. The first-order valence-corrected chi connectivity index (χ1v) is 9.69. The molecule has 0 spiro atoms. The summed E-state index contributed by atoms with van der Waals surface area (Å²) in [6.07, 6.45) is 0.791. The minimum Gasteiger partial charge on any atom is -0.490 e. The molecular formula is C20H25N3O6. The summed E-state index contributed by atoms with van der Waals surface area (Å²) in [6.45, 7) is 6.19. The third kappa shape index (κ3) is 4.18. The Labute approximate surface area is 168 Å². The highest BCUT2D eigenvalue weighted by Gasteiger charge is 2.44. The second-order valence-corrected chi connectivity index (χ2v) is 7.27. The number of carbonyl (C=O) groups excluding carboxylic acids is 4. The maximum absolute atomic E-state index is 12.6. The highest BCUT2D eigenvalue weighted by Crippen LogP contribution is 2.34. The van der Waals surface area contributed by atoms with Crippen molar-refractivity contribution in [3.63, 3.8) is 0 Å². The van der Waals surface area contributed by atoms with Crippen molar-refractivity contribution in [2.45, 2.75) is 33.2 Å². The Morgan fingerprint density at radius 2 is 1.72 bits per heavy atom. The number of likely N-dealkylation sites (N-methyl/N-ethyl adjacent to an activating group) is 1. The van der Waals surface area contributed by atoms with E-state index < -0.39 is 30.3 Å². The van der Waals surface area contributed by atoms with Gasteiger partial charge in [-0.3, -0.25) is 19.3 Å². The molecule has 9 nitrogen and oxygen atoms in total. The Kier molecular flexibility index (Phi) is 6.05. The Morgan fingerprint density at radius 3 is 2.34 bits per heavy atom. The second-order valence-electron chi connectivity index (χ2n) is 7.27. The van der Waals surface area contributed by atoms with Gasteiger partial charge in [0, 0.05) is 13.0 Å². The van der Waals surface area contributed by atoms with Crippen LogP contribution in [0.1, 0.15) is 38.8 Å². The second kappa shape index (κ2) is 8.50. The smallest absolute Gasteiger partial charge is 0.334 e. The molecule has 2 aliphatic heterocycles. The molecule has 1 N–H and O–H groups in total. The van der Waals surface area contributed by atoms with Crippen LogP contribution in [0.15, 0.2) is 18.2 Å². The van der Waals surface area contributed by atoms with E-state index in [4.69, 9.17) is 9.47 Å². The van der Waals surface area contributed by atoms with E-state index in [9.17, 15) is 19.2 Å². The highest BCUT2D eigenvalue weighted by atomic mass is 16.5. The highest BCUT2D eigenvalue weighted by molar-refractivity contribution is 6.45. The zero-order chi connectivity index (χ0) is 21.1. The van der Waals surface area contributed by atoms with Gasteiger partial charge in [0.15, 0.2) is 11.5 Å². The minimum absolute atomic E-state index is 0.0300. The first-order chi connectivity index (χ1) is 13.8. The summed E-state index contributed by atoms with van der Waals surface area (Å²) < 4.78 is 11.4. The molecule has 1 aromatic rings. The number of imide groups is 2. The van der Waals surface area contributed by atoms with Gasteiger partial charge in [0.2, 0.25) is 5.91 Å². The van der Waals surface area contributed by atoms with E-state index in [1.165, 1.54) is 0 Å². The molecule has 1 saturated heterocycles. The monoisotopic (exact) mass is 403 g/mol. The molecule has 9 heteroatoms. The molecule has 2 aliphatic rings. The maximum atomic E-state index is 12.6. The van der Waals surface area contributed by atoms with Crippen molar-refractivity contribution in [2.24, 2.45) is 5.92 Å². The van der Waals surface area contributed by atoms with Crippen molar-refractivity contribution < 1.29 is 28.7 Å². The first kappa shape index (κ1) is 20.6. The van der Waals surface area contributed by atoms with Gasteiger partial charge in [0.05, 0.1) is 19.3 Å². The number of fused-ring (bicyclic) bond motifs is 1. The molecular weight excluding hydrogens is 378 g/mol. The summed E-state index contributed by atoms with van der Waals surface area (Å²) in [7, 11) is 0. The molecule has 0 radical (unpaired) electrons. The molecule has 29 heavy (non-hydrogen) atoms. The maximum Gasteiger partial charge on any atom is 0.334 e. The van der Waals surface area contributed by atoms with E-state index in [1.54, 1.807) is 6.92 Å². The van der Waals surface area contributed by atoms with Crippen molar-refractivity contribution in [1.29, 1.82) is 0 Å². The molecule has 0 unspecified atom stereocenters. The lowest BCUT2D eigenvalue weighted by molar-refractivity contribution is -0.144. The Hall–Kier alpha value is -3.10. The zero-order valence-electron chi connectivity index (χ0n) is 16.8. The van der Waals surface area contributed by atoms with Gasteiger partial charge in [-0.1, -0.05) is 19.9 Å². The number of hydrogen-bond acceptors (Lipinski definition) is 6. The average Bonchev–Trinajstić information content (AvgIpc) is 2.87. The lowest BCUT2D eigenvalue weighted by atomic mass is 9.95. The minimum atomic E-state index is -0.983. The first-order valence-electron chi connectivity index (χ1n) is 9.69. The van der Waals surface area contributed by atoms with Crippen molar-refractivity contribution in [1.82, 2.24) is 15.1 Å². The van der Waals surface area contributed by atoms with Crippen molar-refractivity contribution >= 4 is 23.8 Å². The molecule has 0 bridgehead atoms. The summed E-state index contributed by atoms with van der Waals surface area (Å²) in [4.78, 5) is 50.1. The van der Waals surface area contributed by atoms with Crippen molar-refractivity contribution in [3.8, 4) is 11.5 Å². The number of benzene rings is 1. The largest absolute Gasteiger partial charge is 0.490 e. The van der Waals surface area contributed by atoms with Crippen LogP contribution in [0.4, 0.5) is 4.79 Å². The summed E-state index contributed by atoms with van der Waals surface area (Å²) in [5.74, 6) is -1.11. The molecule has 0 aliphatic carbocycles. The fourth-order valence-corrected chi connectivity index (χ4v) is 3.34. The number of hydrogen-bond donors (Lipinski definition) is 1. The van der Waals surface area contributed by atoms with Crippen LogP contribution in [0.5, 0.6) is 11.5 Å². The molecule has 1 atom stereocenters. The molecule has 156 valence electrons. The number of nitrogens with one attached hydrogen (secondary N) is 1. The van der Waals surface area contributed by atoms with E-state index in [1.807, 2.05) is 32.0 Å². The lowest BCUT2D eigenvalue weighted by Gasteiger charge is -2.24. The predicted molar refractivity (Wildman–Crippen MR) is 102 cm³/mol. The molecule has 0 saturated carbocycles. The van der Waals surface area contributed by atoms with Gasteiger partial charge in [0.1, 0.15) is 6.54 Å². The van der Waals surface area contributed by atoms with Gasteiger partial charge >= 0.3 is 17.8 Å². The third-order valence-electron chi connectivity index (χ3n) is 4.87. The SMILES string of the molecule is CCN1C(=O)C(=O)N(CC(=O)N[C@H](c2ccc3c(c2)OCCCO3)C(C)C)C1=O. The summed E-state index contributed by atoms with van der Waals surface area (Å²) in [5.41, 5.74) is 0.822. The van der Waals surface area contributed by atoms with Gasteiger partial charge in [-0.05, 0) is 30.5 Å². The quantitative estimate of drug-likeness (QED) is 0.570. The third-order valence-corrected chi connectivity index (χ3v) is 4.87. The van der Waals surface area contributed by atoms with Crippen LogP contribution in [0, 0.1) is 5.92 Å². The normalized spacial score (nSPS) is 17.6. The fraction of sp³-hybridized carbons (Fsp3) is 0.500. The van der Waals surface area contributed by atoms with Gasteiger partial charge in [0.25, 0.3) is 0 Å². The van der Waals surface area contributed by atoms with E-state index in [0.717, 1.165) is 16.9 Å². The summed E-state index contributed by atoms with van der Waals surface area (Å²) >= 11 is 0. The van der Waals surface area contributed by atoms with E-state index >= 15 is 0 Å². The lowest BCUT2D eigenvalue weighted by Crippen LogP contribution is -2.43. The Bertz CT molecular complexity index is 838. The number of rotatable bonds is 6. The van der Waals surface area contributed by atoms with Crippen LogP contribution in [-0.4, -0.2) is 59.9 Å². The van der Waals surface area contributed by atoms with Crippen LogP contribution < -0.4 is 14.8 Å². The molecule has 3 rings (SSSR count). The standard InChI is InChI=1S/C20H25N3O6/c1-4-22-18(25)19(26)23(20(22)27)11-16(24)21-17(12(2)3)13-6-7-14-15(10-13)29-9-5-8-28-14/h6-7,10,12,17H,4-5,8-9,11H2,1-3H3,(H,21,24)/t17-/m0/s1. The average molecular weight is 403 g/mol. The predicted octanol–water partition coefficient (Wildman–Crippen LogP) is 1.47. The van der Waals surface area contributed by atoms with Crippen LogP contribution in [0.2, 0.25) is 0 Å². The van der Waals surface area contributed by atoms with Crippen LogP contribution in [-0.2, 0) is 14.4 Å². The zero-order valence-corrected chi connectivity index (χ0v) is 16.8. The van der Waals surface area contributed by atoms with E-state index in [-0.39, 0.29) is 18.5 Å². The topological polar surface area (TPSA) is 105 Å². The van der Waals surface area contributed by atoms with Gasteiger partial charge in [-0.2, -0.15) is 0 Å². The van der Waals surface area contributed by atoms with E-state index in [0.29, 0.717) is 29.6 Å². The van der Waals surface area contributed by atoms with Gasteiger partial charge in [-0.25, -0.2) is 9.69 Å². The van der Waals surface area contributed by atoms with Crippen LogP contribution in [0.3, 0.4) is 0 Å². The number of ether oxygens (including phenoxy) is 2. The molecule has 1 fully saturated rings. The summed E-state index contributed by atoms with van der Waals surface area (Å²) in [6, 6.07) is 4.36.